The van der Waals surface area contributed by atoms with Crippen LogP contribution in [0.4, 0.5) is 5.00 Å². The summed E-state index contributed by atoms with van der Waals surface area (Å²) >= 11 is 1.42. The molecule has 2 N–H and O–H groups in total. The van der Waals surface area contributed by atoms with Gasteiger partial charge in [0.05, 0.1) is 6.61 Å². The van der Waals surface area contributed by atoms with Gasteiger partial charge < -0.3 is 10.4 Å². The van der Waals surface area contributed by atoms with Gasteiger partial charge in [0, 0.05) is 37.2 Å². The van der Waals surface area contributed by atoms with Crippen LogP contribution in [-0.4, -0.2) is 45.3 Å². The molecular weight excluding hydrogens is 260 g/mol. The Morgan fingerprint density at radius 2 is 2.05 bits per heavy atom. The van der Waals surface area contributed by atoms with Crippen molar-refractivity contribution in [2.45, 2.75) is 52.6 Å². The maximum atomic E-state index is 9.23. The second-order valence-electron chi connectivity index (χ2n) is 4.64. The van der Waals surface area contributed by atoms with Gasteiger partial charge in [-0.3, -0.25) is 4.90 Å². The molecule has 0 fully saturated rings. The zero-order valence-electron chi connectivity index (χ0n) is 12.2. The van der Waals surface area contributed by atoms with Gasteiger partial charge in [0.2, 0.25) is 0 Å². The van der Waals surface area contributed by atoms with Crippen LogP contribution in [0.2, 0.25) is 0 Å². The first-order valence-electron chi connectivity index (χ1n) is 7.16. The average Bonchev–Trinajstić information content (AvgIpc) is 2.85. The molecular formula is C13H26N4OS. The van der Waals surface area contributed by atoms with Gasteiger partial charge in [0.25, 0.3) is 0 Å². The first kappa shape index (κ1) is 16.3. The Hall–Kier alpha value is -0.720. The van der Waals surface area contributed by atoms with Gasteiger partial charge in [-0.05, 0) is 19.3 Å². The lowest BCUT2D eigenvalue weighted by molar-refractivity contribution is 0.135. The molecule has 0 saturated heterocycles. The third-order valence-corrected chi connectivity index (χ3v) is 4.02. The second kappa shape index (κ2) is 9.23. The van der Waals surface area contributed by atoms with Gasteiger partial charge in [-0.1, -0.05) is 25.3 Å². The first-order chi connectivity index (χ1) is 9.26. The van der Waals surface area contributed by atoms with Gasteiger partial charge in [0.15, 0.2) is 0 Å². The molecule has 0 aliphatic carbocycles. The molecule has 0 aromatic carbocycles. The summed E-state index contributed by atoms with van der Waals surface area (Å²) in [6.45, 7) is 9.10. The minimum absolute atomic E-state index is 0.186. The molecule has 0 amide bonds. The molecule has 0 spiro atoms. The number of hydrogen-bond donors (Lipinski definition) is 2. The minimum Gasteiger partial charge on any atom is -0.395 e. The number of aliphatic hydroxyl groups excluding tert-OH is 1. The van der Waals surface area contributed by atoms with Crippen LogP contribution in [0.5, 0.6) is 0 Å². The van der Waals surface area contributed by atoms with Crippen molar-refractivity contribution >= 4 is 16.5 Å². The van der Waals surface area contributed by atoms with E-state index < -0.39 is 0 Å². The maximum absolute atomic E-state index is 9.23. The zero-order chi connectivity index (χ0) is 14.1. The first-order valence-corrected chi connectivity index (χ1v) is 7.94. The third kappa shape index (κ3) is 5.04. The van der Waals surface area contributed by atoms with Crippen molar-refractivity contribution in [1.82, 2.24) is 14.5 Å². The molecule has 1 aromatic rings. The molecule has 0 saturated carbocycles. The molecule has 0 bridgehead atoms. The SMILES string of the molecule is CCCNc1snnc1CN(CCO)C(CC)CC. The lowest BCUT2D eigenvalue weighted by atomic mass is 10.1. The van der Waals surface area contributed by atoms with Gasteiger partial charge >= 0.3 is 0 Å². The van der Waals surface area contributed by atoms with Crippen molar-refractivity contribution in [2.24, 2.45) is 0 Å². The fourth-order valence-corrected chi connectivity index (χ4v) is 2.80. The molecule has 1 heterocycles. The monoisotopic (exact) mass is 286 g/mol. The van der Waals surface area contributed by atoms with E-state index in [9.17, 15) is 5.11 Å². The van der Waals surface area contributed by atoms with E-state index >= 15 is 0 Å². The maximum Gasteiger partial charge on any atom is 0.134 e. The summed E-state index contributed by atoms with van der Waals surface area (Å²) in [4.78, 5) is 2.30. The van der Waals surface area contributed by atoms with Crippen molar-refractivity contribution in [3.05, 3.63) is 5.69 Å². The molecule has 0 aliphatic heterocycles. The van der Waals surface area contributed by atoms with Gasteiger partial charge in [0.1, 0.15) is 10.7 Å². The van der Waals surface area contributed by atoms with Crippen LogP contribution in [0.15, 0.2) is 0 Å². The van der Waals surface area contributed by atoms with E-state index in [1.54, 1.807) is 0 Å². The number of rotatable bonds is 10. The Labute approximate surface area is 120 Å². The summed E-state index contributed by atoms with van der Waals surface area (Å²) in [6.07, 6.45) is 3.27. The summed E-state index contributed by atoms with van der Waals surface area (Å²) < 4.78 is 4.04. The van der Waals surface area contributed by atoms with Crippen LogP contribution in [0.25, 0.3) is 0 Å². The fourth-order valence-electron chi connectivity index (χ4n) is 2.20. The number of nitrogens with one attached hydrogen (secondary N) is 1. The topological polar surface area (TPSA) is 61.3 Å². The molecule has 1 aromatic heterocycles. The summed E-state index contributed by atoms with van der Waals surface area (Å²) in [6, 6.07) is 0.493. The van der Waals surface area contributed by atoms with Crippen molar-refractivity contribution in [1.29, 1.82) is 0 Å². The highest BCUT2D eigenvalue weighted by molar-refractivity contribution is 7.10. The lowest BCUT2D eigenvalue weighted by Crippen LogP contribution is -2.36. The largest absolute Gasteiger partial charge is 0.395 e. The molecule has 1 rings (SSSR count). The highest BCUT2D eigenvalue weighted by atomic mass is 32.1. The highest BCUT2D eigenvalue weighted by Gasteiger charge is 2.18. The van der Waals surface area contributed by atoms with Crippen molar-refractivity contribution in [2.75, 3.05) is 25.0 Å². The molecule has 6 heteroatoms. The standard InChI is InChI=1S/C13H26N4OS/c1-4-7-14-13-12(15-16-19-13)10-17(8-9-18)11(5-2)6-3/h11,14,18H,4-10H2,1-3H3. The number of hydrogen-bond acceptors (Lipinski definition) is 6. The van der Waals surface area contributed by atoms with E-state index in [2.05, 4.69) is 40.6 Å². The van der Waals surface area contributed by atoms with Crippen molar-refractivity contribution in [3.8, 4) is 0 Å². The number of anilines is 1. The van der Waals surface area contributed by atoms with Crippen LogP contribution in [0.3, 0.4) is 0 Å². The molecule has 0 atom stereocenters. The minimum atomic E-state index is 0.186. The van der Waals surface area contributed by atoms with Crippen LogP contribution in [0, 0.1) is 0 Å². The highest BCUT2D eigenvalue weighted by Crippen LogP contribution is 2.21. The lowest BCUT2D eigenvalue weighted by Gasteiger charge is -2.29. The number of aliphatic hydroxyl groups is 1. The van der Waals surface area contributed by atoms with E-state index in [0.29, 0.717) is 12.6 Å². The molecule has 0 unspecified atom stereocenters. The number of aromatic nitrogens is 2. The normalized spacial score (nSPS) is 11.5. The third-order valence-electron chi connectivity index (χ3n) is 3.29. The van der Waals surface area contributed by atoms with Crippen LogP contribution < -0.4 is 5.32 Å². The van der Waals surface area contributed by atoms with Crippen LogP contribution >= 0.6 is 11.5 Å². The van der Waals surface area contributed by atoms with Gasteiger partial charge in [-0.2, -0.15) is 0 Å². The summed E-state index contributed by atoms with van der Waals surface area (Å²) in [5.74, 6) is 0. The van der Waals surface area contributed by atoms with E-state index in [0.717, 1.165) is 43.0 Å². The quantitative estimate of drug-likeness (QED) is 0.691. The van der Waals surface area contributed by atoms with E-state index in [1.807, 2.05) is 0 Å². The Morgan fingerprint density at radius 1 is 1.32 bits per heavy atom. The molecule has 19 heavy (non-hydrogen) atoms. The molecule has 0 radical (unpaired) electrons. The number of nitrogens with zero attached hydrogens (tertiary/aromatic N) is 3. The van der Waals surface area contributed by atoms with E-state index in [4.69, 9.17) is 0 Å². The Bertz CT molecular complexity index is 341. The van der Waals surface area contributed by atoms with Crippen LogP contribution in [-0.2, 0) is 6.54 Å². The van der Waals surface area contributed by atoms with E-state index in [-0.39, 0.29) is 6.61 Å². The Morgan fingerprint density at radius 3 is 2.63 bits per heavy atom. The fraction of sp³-hybridized carbons (Fsp3) is 0.846. The average molecular weight is 286 g/mol. The van der Waals surface area contributed by atoms with Crippen molar-refractivity contribution in [3.63, 3.8) is 0 Å². The predicted molar refractivity (Wildman–Crippen MR) is 80.6 cm³/mol. The molecule has 0 aliphatic rings. The van der Waals surface area contributed by atoms with E-state index in [1.165, 1.54) is 11.5 Å². The summed E-state index contributed by atoms with van der Waals surface area (Å²) in [5.41, 5.74) is 0.999. The van der Waals surface area contributed by atoms with Gasteiger partial charge in [-0.25, -0.2) is 0 Å². The van der Waals surface area contributed by atoms with Gasteiger partial charge in [-0.15, -0.1) is 5.10 Å². The zero-order valence-corrected chi connectivity index (χ0v) is 13.0. The van der Waals surface area contributed by atoms with Crippen molar-refractivity contribution < 1.29 is 5.11 Å². The Balaban J connectivity index is 2.69. The predicted octanol–water partition coefficient (Wildman–Crippen LogP) is 2.34. The smallest absolute Gasteiger partial charge is 0.134 e. The Kier molecular flexibility index (Phi) is 7.93. The van der Waals surface area contributed by atoms with Crippen LogP contribution in [0.1, 0.15) is 45.7 Å². The second-order valence-corrected chi connectivity index (χ2v) is 5.39. The summed E-state index contributed by atoms with van der Waals surface area (Å²) in [5, 5.41) is 17.9. The molecule has 110 valence electrons. The summed E-state index contributed by atoms with van der Waals surface area (Å²) in [7, 11) is 0. The molecule has 5 nitrogen and oxygen atoms in total.